The maximum absolute atomic E-state index is 4.42. The molecule has 0 unspecified atom stereocenters. The summed E-state index contributed by atoms with van der Waals surface area (Å²) in [6.45, 7) is 9.05. The third-order valence-electron chi connectivity index (χ3n) is 4.67. The van der Waals surface area contributed by atoms with Crippen LogP contribution < -0.4 is 0 Å². The predicted molar refractivity (Wildman–Crippen MR) is 67.8 cm³/mol. The van der Waals surface area contributed by atoms with E-state index in [0.717, 1.165) is 24.2 Å². The van der Waals surface area contributed by atoms with E-state index in [1.54, 1.807) is 0 Å². The maximum atomic E-state index is 4.42. The van der Waals surface area contributed by atoms with Crippen LogP contribution >= 0.6 is 0 Å². The lowest BCUT2D eigenvalue weighted by Crippen LogP contribution is -2.26. The van der Waals surface area contributed by atoms with E-state index >= 15 is 0 Å². The zero-order valence-corrected chi connectivity index (χ0v) is 11.4. The summed E-state index contributed by atoms with van der Waals surface area (Å²) < 4.78 is 2.15. The summed E-state index contributed by atoms with van der Waals surface area (Å²) in [4.78, 5) is 0. The van der Waals surface area contributed by atoms with E-state index in [1.807, 2.05) is 0 Å². The second-order valence-corrected chi connectivity index (χ2v) is 6.83. The van der Waals surface area contributed by atoms with Crippen LogP contribution in [0.25, 0.3) is 0 Å². The SMILES string of the molecule is C[C@H]1[C@H]2CCc3nnn(C(C)(C)C)c3CC[C@@H]12. The first-order valence-corrected chi connectivity index (χ1v) is 6.92. The summed E-state index contributed by atoms with van der Waals surface area (Å²) in [6.07, 6.45) is 4.96. The van der Waals surface area contributed by atoms with Crippen LogP contribution in [0.4, 0.5) is 0 Å². The monoisotopic (exact) mass is 233 g/mol. The molecule has 1 heterocycles. The fourth-order valence-corrected chi connectivity index (χ4v) is 3.51. The topological polar surface area (TPSA) is 30.7 Å². The second kappa shape index (κ2) is 3.56. The number of aryl methyl sites for hydroxylation is 1. The highest BCUT2D eigenvalue weighted by molar-refractivity contribution is 5.16. The molecule has 3 nitrogen and oxygen atoms in total. The largest absolute Gasteiger partial charge is 0.244 e. The zero-order chi connectivity index (χ0) is 12.2. The van der Waals surface area contributed by atoms with Gasteiger partial charge in [0, 0.05) is 0 Å². The van der Waals surface area contributed by atoms with Gasteiger partial charge in [0.1, 0.15) is 0 Å². The van der Waals surface area contributed by atoms with Crippen LogP contribution in [0.5, 0.6) is 0 Å². The minimum absolute atomic E-state index is 0.0638. The Balaban J connectivity index is 1.90. The first kappa shape index (κ1) is 11.2. The fourth-order valence-electron chi connectivity index (χ4n) is 3.51. The van der Waals surface area contributed by atoms with Crippen LogP contribution in [0, 0.1) is 17.8 Å². The lowest BCUT2D eigenvalue weighted by atomic mass is 10.00. The van der Waals surface area contributed by atoms with Gasteiger partial charge in [0.25, 0.3) is 0 Å². The summed E-state index contributed by atoms with van der Waals surface area (Å²) in [5.74, 6) is 2.91. The second-order valence-electron chi connectivity index (χ2n) is 6.83. The zero-order valence-electron chi connectivity index (χ0n) is 11.4. The quantitative estimate of drug-likeness (QED) is 0.690. The average Bonchev–Trinajstić information content (AvgIpc) is 2.65. The molecule has 2 aliphatic rings. The number of rotatable bonds is 0. The van der Waals surface area contributed by atoms with E-state index in [-0.39, 0.29) is 5.54 Å². The third-order valence-corrected chi connectivity index (χ3v) is 4.67. The smallest absolute Gasteiger partial charge is 0.0859 e. The normalized spacial score (nSPS) is 32.4. The molecule has 3 rings (SSSR count). The van der Waals surface area contributed by atoms with Crippen molar-refractivity contribution in [3.05, 3.63) is 11.4 Å². The molecule has 1 saturated carbocycles. The third kappa shape index (κ3) is 1.80. The van der Waals surface area contributed by atoms with Gasteiger partial charge in [0.2, 0.25) is 0 Å². The molecule has 17 heavy (non-hydrogen) atoms. The minimum Gasteiger partial charge on any atom is -0.244 e. The van der Waals surface area contributed by atoms with Crippen LogP contribution in [0.15, 0.2) is 0 Å². The van der Waals surface area contributed by atoms with Crippen molar-refractivity contribution < 1.29 is 0 Å². The molecule has 0 saturated heterocycles. The summed E-state index contributed by atoms with van der Waals surface area (Å²) >= 11 is 0. The lowest BCUT2D eigenvalue weighted by molar-refractivity contribution is 0.333. The molecule has 0 amide bonds. The van der Waals surface area contributed by atoms with Crippen LogP contribution in [-0.4, -0.2) is 15.0 Å². The first-order chi connectivity index (χ1) is 7.98. The van der Waals surface area contributed by atoms with Gasteiger partial charge in [0.05, 0.1) is 16.9 Å². The van der Waals surface area contributed by atoms with E-state index < -0.39 is 0 Å². The van der Waals surface area contributed by atoms with Crippen molar-refractivity contribution in [1.82, 2.24) is 15.0 Å². The summed E-state index contributed by atoms with van der Waals surface area (Å²) in [5, 5.41) is 8.79. The van der Waals surface area contributed by atoms with Crippen LogP contribution in [-0.2, 0) is 18.4 Å². The van der Waals surface area contributed by atoms with Crippen molar-refractivity contribution in [1.29, 1.82) is 0 Å². The van der Waals surface area contributed by atoms with Crippen molar-refractivity contribution in [3.8, 4) is 0 Å². The molecule has 1 aromatic rings. The molecular formula is C14H23N3. The van der Waals surface area contributed by atoms with E-state index in [9.17, 15) is 0 Å². The van der Waals surface area contributed by atoms with Gasteiger partial charge in [0.15, 0.2) is 0 Å². The highest BCUT2D eigenvalue weighted by Crippen LogP contribution is 2.52. The average molecular weight is 233 g/mol. The summed E-state index contributed by atoms with van der Waals surface area (Å²) in [6, 6.07) is 0. The number of hydrogen-bond donors (Lipinski definition) is 0. The van der Waals surface area contributed by atoms with Gasteiger partial charge in [-0.3, -0.25) is 0 Å². The Kier molecular flexibility index (Phi) is 2.36. The number of nitrogens with zero attached hydrogens (tertiary/aromatic N) is 3. The molecule has 94 valence electrons. The van der Waals surface area contributed by atoms with Crippen LogP contribution in [0.2, 0.25) is 0 Å². The Morgan fingerprint density at radius 2 is 1.76 bits per heavy atom. The van der Waals surface area contributed by atoms with Crippen molar-refractivity contribution >= 4 is 0 Å². The van der Waals surface area contributed by atoms with Gasteiger partial charge in [-0.05, 0) is 64.2 Å². The standard InChI is InChI=1S/C14H23N3/c1-9-10-5-7-12-13(8-6-11(9)10)17(16-15-12)14(2,3)4/h9-11H,5-8H2,1-4H3/t9-,10+,11-/m0/s1. The molecule has 0 radical (unpaired) electrons. The van der Waals surface area contributed by atoms with Crippen LogP contribution in [0.3, 0.4) is 0 Å². The minimum atomic E-state index is 0.0638. The van der Waals surface area contributed by atoms with E-state index in [0.29, 0.717) is 0 Å². The molecule has 0 N–H and O–H groups in total. The molecule has 3 heteroatoms. The maximum Gasteiger partial charge on any atom is 0.0859 e. The molecule has 1 fully saturated rings. The van der Waals surface area contributed by atoms with Gasteiger partial charge in [-0.15, -0.1) is 5.10 Å². The van der Waals surface area contributed by atoms with Crippen molar-refractivity contribution in [2.45, 2.75) is 58.9 Å². The fraction of sp³-hybridized carbons (Fsp3) is 0.857. The predicted octanol–water partition coefficient (Wildman–Crippen LogP) is 2.79. The van der Waals surface area contributed by atoms with Gasteiger partial charge in [-0.1, -0.05) is 12.1 Å². The molecular weight excluding hydrogens is 210 g/mol. The van der Waals surface area contributed by atoms with Crippen molar-refractivity contribution in [2.24, 2.45) is 17.8 Å². The summed E-state index contributed by atoms with van der Waals surface area (Å²) in [5.41, 5.74) is 2.72. The van der Waals surface area contributed by atoms with Gasteiger partial charge in [-0.25, -0.2) is 4.68 Å². The Hall–Kier alpha value is -0.860. The lowest BCUT2D eigenvalue weighted by Gasteiger charge is -2.22. The highest BCUT2D eigenvalue weighted by Gasteiger charge is 2.46. The molecule has 0 aromatic carbocycles. The van der Waals surface area contributed by atoms with Gasteiger partial charge in [-0.2, -0.15) is 0 Å². The Morgan fingerprint density at radius 3 is 2.41 bits per heavy atom. The molecule has 0 aliphatic heterocycles. The first-order valence-electron chi connectivity index (χ1n) is 6.92. The van der Waals surface area contributed by atoms with Crippen molar-refractivity contribution in [2.75, 3.05) is 0 Å². The van der Waals surface area contributed by atoms with Crippen LogP contribution in [0.1, 0.15) is 51.9 Å². The molecule has 3 atom stereocenters. The number of fused-ring (bicyclic) bond motifs is 2. The summed E-state index contributed by atoms with van der Waals surface area (Å²) in [7, 11) is 0. The Morgan fingerprint density at radius 1 is 1.12 bits per heavy atom. The molecule has 0 bridgehead atoms. The number of aromatic nitrogens is 3. The molecule has 0 spiro atoms. The van der Waals surface area contributed by atoms with E-state index in [1.165, 1.54) is 30.7 Å². The van der Waals surface area contributed by atoms with Gasteiger partial charge < -0.3 is 0 Å². The Bertz CT molecular complexity index is 427. The van der Waals surface area contributed by atoms with Gasteiger partial charge >= 0.3 is 0 Å². The van der Waals surface area contributed by atoms with Crippen molar-refractivity contribution in [3.63, 3.8) is 0 Å². The molecule has 1 aromatic heterocycles. The number of hydrogen-bond acceptors (Lipinski definition) is 2. The van der Waals surface area contributed by atoms with E-state index in [2.05, 4.69) is 42.7 Å². The van der Waals surface area contributed by atoms with E-state index in [4.69, 9.17) is 0 Å². The Labute approximate surface area is 104 Å². The highest BCUT2D eigenvalue weighted by atomic mass is 15.5. The molecule has 2 aliphatic carbocycles.